The second-order valence-electron chi connectivity index (χ2n) is 5.44. The molecule has 1 atom stereocenters. The molecule has 1 unspecified atom stereocenters. The molecule has 0 fully saturated rings. The van der Waals surface area contributed by atoms with E-state index in [0.29, 0.717) is 6.42 Å². The van der Waals surface area contributed by atoms with E-state index in [2.05, 4.69) is 19.1 Å². The van der Waals surface area contributed by atoms with Crippen molar-refractivity contribution >= 4 is 5.97 Å². The minimum absolute atomic E-state index is 0.115. The zero-order valence-electron chi connectivity index (χ0n) is 13.4. The van der Waals surface area contributed by atoms with Crippen LogP contribution in [0.5, 0.6) is 0 Å². The van der Waals surface area contributed by atoms with Gasteiger partial charge in [-0.1, -0.05) is 44.8 Å². The fourth-order valence-electron chi connectivity index (χ4n) is 1.95. The summed E-state index contributed by atoms with van der Waals surface area (Å²) in [6.07, 6.45) is 14.3. The van der Waals surface area contributed by atoms with Crippen molar-refractivity contribution in [1.29, 1.82) is 0 Å². The molecular formula is C17H32O4. The highest BCUT2D eigenvalue weighted by Gasteiger charge is 2.07. The van der Waals surface area contributed by atoms with Gasteiger partial charge in [0.25, 0.3) is 0 Å². The van der Waals surface area contributed by atoms with Gasteiger partial charge in [0.1, 0.15) is 12.7 Å². The number of hydrogen-bond acceptors (Lipinski definition) is 4. The van der Waals surface area contributed by atoms with Crippen molar-refractivity contribution in [2.45, 2.75) is 77.2 Å². The molecule has 4 heteroatoms. The van der Waals surface area contributed by atoms with Crippen LogP contribution < -0.4 is 0 Å². The lowest BCUT2D eigenvalue weighted by atomic mass is 10.1. The number of unbranched alkanes of at least 4 members (excludes halogenated alkanes) is 7. The number of esters is 1. The lowest BCUT2D eigenvalue weighted by molar-refractivity contribution is -0.147. The maximum absolute atomic E-state index is 11.3. The van der Waals surface area contributed by atoms with E-state index in [-0.39, 0.29) is 19.2 Å². The Hall–Kier alpha value is -0.870. The summed E-state index contributed by atoms with van der Waals surface area (Å²) in [7, 11) is 0. The van der Waals surface area contributed by atoms with Gasteiger partial charge >= 0.3 is 5.97 Å². The van der Waals surface area contributed by atoms with Crippen LogP contribution in [0.3, 0.4) is 0 Å². The minimum atomic E-state index is -0.962. The van der Waals surface area contributed by atoms with E-state index < -0.39 is 6.10 Å². The molecule has 0 aliphatic carbocycles. The molecule has 0 aromatic heterocycles. The molecule has 0 aliphatic heterocycles. The molecule has 21 heavy (non-hydrogen) atoms. The lowest BCUT2D eigenvalue weighted by Crippen LogP contribution is -2.21. The Morgan fingerprint density at radius 1 is 1.05 bits per heavy atom. The smallest absolute Gasteiger partial charge is 0.305 e. The first-order valence-electron chi connectivity index (χ1n) is 8.30. The molecule has 0 saturated carbocycles. The number of aliphatic hydroxyl groups excluding tert-OH is 2. The Kier molecular flexibility index (Phi) is 14.9. The van der Waals surface area contributed by atoms with Crippen LogP contribution in [0, 0.1) is 0 Å². The molecule has 4 nitrogen and oxygen atoms in total. The van der Waals surface area contributed by atoms with E-state index in [4.69, 9.17) is 14.9 Å². The molecule has 0 bridgehead atoms. The molecule has 0 amide bonds. The molecule has 0 aliphatic rings. The fraction of sp³-hybridized carbons (Fsp3) is 0.824. The summed E-state index contributed by atoms with van der Waals surface area (Å²) in [4.78, 5) is 11.3. The Labute approximate surface area is 129 Å². The SMILES string of the molecule is CCCCCC/C=C/CCCCCC(=O)OCC(O)CO. The van der Waals surface area contributed by atoms with Crippen molar-refractivity contribution < 1.29 is 19.7 Å². The maximum atomic E-state index is 11.3. The molecule has 0 aromatic carbocycles. The van der Waals surface area contributed by atoms with Crippen molar-refractivity contribution in [3.05, 3.63) is 12.2 Å². The Balaban J connectivity index is 3.27. The van der Waals surface area contributed by atoms with Crippen LogP contribution in [0.1, 0.15) is 71.1 Å². The third-order valence-electron chi connectivity index (χ3n) is 3.29. The first-order chi connectivity index (χ1) is 10.2. The van der Waals surface area contributed by atoms with Crippen molar-refractivity contribution in [3.63, 3.8) is 0 Å². The highest BCUT2D eigenvalue weighted by atomic mass is 16.5. The van der Waals surface area contributed by atoms with Crippen molar-refractivity contribution in [3.8, 4) is 0 Å². The summed E-state index contributed by atoms with van der Waals surface area (Å²) in [5.41, 5.74) is 0. The van der Waals surface area contributed by atoms with Crippen LogP contribution in [0.25, 0.3) is 0 Å². The number of aliphatic hydroxyl groups is 2. The average Bonchev–Trinajstić information content (AvgIpc) is 2.50. The normalized spacial score (nSPS) is 12.7. The zero-order chi connectivity index (χ0) is 15.8. The fourth-order valence-corrected chi connectivity index (χ4v) is 1.95. The van der Waals surface area contributed by atoms with Gasteiger partial charge in [-0.05, 0) is 32.1 Å². The minimum Gasteiger partial charge on any atom is -0.463 e. The molecule has 0 heterocycles. The first-order valence-corrected chi connectivity index (χ1v) is 8.30. The van der Waals surface area contributed by atoms with Crippen molar-refractivity contribution in [2.75, 3.05) is 13.2 Å². The topological polar surface area (TPSA) is 66.8 Å². The van der Waals surface area contributed by atoms with Crippen LogP contribution in [-0.4, -0.2) is 35.5 Å². The van der Waals surface area contributed by atoms with Gasteiger partial charge in [0.05, 0.1) is 6.61 Å². The molecular weight excluding hydrogens is 268 g/mol. The van der Waals surface area contributed by atoms with Gasteiger partial charge in [-0.25, -0.2) is 0 Å². The molecule has 2 N–H and O–H groups in total. The standard InChI is InChI=1S/C17H32O4/c1-2-3-4-5-6-7-8-9-10-11-12-13-17(20)21-15-16(19)14-18/h7-8,16,18-19H,2-6,9-15H2,1H3/b8-7+. The summed E-state index contributed by atoms with van der Waals surface area (Å²) < 4.78 is 4.82. The summed E-state index contributed by atoms with van der Waals surface area (Å²) in [6.45, 7) is 1.73. The van der Waals surface area contributed by atoms with Crippen LogP contribution in [0.4, 0.5) is 0 Å². The van der Waals surface area contributed by atoms with Gasteiger partial charge in [-0.2, -0.15) is 0 Å². The number of carbonyl (C=O) groups is 1. The van der Waals surface area contributed by atoms with E-state index in [0.717, 1.165) is 25.7 Å². The Morgan fingerprint density at radius 3 is 2.24 bits per heavy atom. The number of rotatable bonds is 14. The number of ether oxygens (including phenoxy) is 1. The van der Waals surface area contributed by atoms with E-state index in [9.17, 15) is 4.79 Å². The van der Waals surface area contributed by atoms with Gasteiger partial charge in [-0.3, -0.25) is 4.79 Å². The number of hydrogen-bond donors (Lipinski definition) is 2. The highest BCUT2D eigenvalue weighted by molar-refractivity contribution is 5.69. The average molecular weight is 300 g/mol. The van der Waals surface area contributed by atoms with Crippen LogP contribution >= 0.6 is 0 Å². The largest absolute Gasteiger partial charge is 0.463 e. The monoisotopic (exact) mass is 300 g/mol. The molecule has 0 spiro atoms. The second-order valence-corrected chi connectivity index (χ2v) is 5.44. The molecule has 0 aromatic rings. The van der Waals surface area contributed by atoms with E-state index in [1.54, 1.807) is 0 Å². The zero-order valence-corrected chi connectivity index (χ0v) is 13.4. The third-order valence-corrected chi connectivity index (χ3v) is 3.29. The summed E-state index contributed by atoms with van der Waals surface area (Å²) in [5.74, 6) is -0.297. The van der Waals surface area contributed by atoms with Crippen LogP contribution in [-0.2, 0) is 9.53 Å². The van der Waals surface area contributed by atoms with Gasteiger partial charge in [-0.15, -0.1) is 0 Å². The molecule has 0 radical (unpaired) electrons. The summed E-state index contributed by atoms with van der Waals surface area (Å²) in [5, 5.41) is 17.6. The van der Waals surface area contributed by atoms with Gasteiger partial charge in [0.2, 0.25) is 0 Å². The maximum Gasteiger partial charge on any atom is 0.305 e. The number of carbonyl (C=O) groups excluding carboxylic acids is 1. The Morgan fingerprint density at radius 2 is 1.67 bits per heavy atom. The van der Waals surface area contributed by atoms with Crippen molar-refractivity contribution in [1.82, 2.24) is 0 Å². The molecule has 0 rings (SSSR count). The summed E-state index contributed by atoms with van der Waals surface area (Å²) >= 11 is 0. The predicted molar refractivity (Wildman–Crippen MR) is 85.0 cm³/mol. The van der Waals surface area contributed by atoms with E-state index >= 15 is 0 Å². The van der Waals surface area contributed by atoms with Crippen LogP contribution in [0.2, 0.25) is 0 Å². The Bertz CT molecular complexity index is 264. The highest BCUT2D eigenvalue weighted by Crippen LogP contribution is 2.07. The number of allylic oxidation sites excluding steroid dienone is 2. The van der Waals surface area contributed by atoms with E-state index in [1.807, 2.05) is 0 Å². The quantitative estimate of drug-likeness (QED) is 0.293. The second kappa shape index (κ2) is 15.5. The van der Waals surface area contributed by atoms with Crippen LogP contribution in [0.15, 0.2) is 12.2 Å². The van der Waals surface area contributed by atoms with Crippen molar-refractivity contribution in [2.24, 2.45) is 0 Å². The van der Waals surface area contributed by atoms with E-state index in [1.165, 1.54) is 32.1 Å². The van der Waals surface area contributed by atoms with Gasteiger partial charge in [0, 0.05) is 6.42 Å². The molecule has 124 valence electrons. The molecule has 0 saturated heterocycles. The predicted octanol–water partition coefficient (Wildman–Crippen LogP) is 3.36. The summed E-state index contributed by atoms with van der Waals surface area (Å²) in [6, 6.07) is 0. The lowest BCUT2D eigenvalue weighted by Gasteiger charge is -2.08. The first kappa shape index (κ1) is 20.1. The van der Waals surface area contributed by atoms with Gasteiger partial charge < -0.3 is 14.9 Å². The van der Waals surface area contributed by atoms with Gasteiger partial charge in [0.15, 0.2) is 0 Å². The third kappa shape index (κ3) is 15.3.